The summed E-state index contributed by atoms with van der Waals surface area (Å²) in [5, 5.41) is 7.91. The molecule has 1 fully saturated rings. The minimum absolute atomic E-state index is 0.531. The van der Waals surface area contributed by atoms with Gasteiger partial charge in [-0.3, -0.25) is 0 Å². The van der Waals surface area contributed by atoms with Crippen molar-refractivity contribution in [1.29, 1.82) is 0 Å². The Bertz CT molecular complexity index is 831. The molecule has 5 nitrogen and oxygen atoms in total. The van der Waals surface area contributed by atoms with Gasteiger partial charge >= 0.3 is 0 Å². The van der Waals surface area contributed by atoms with Crippen molar-refractivity contribution < 1.29 is 0 Å². The summed E-state index contributed by atoms with van der Waals surface area (Å²) in [6.07, 6.45) is 5.64. The Hall–Kier alpha value is -2.56. The molecule has 124 valence electrons. The zero-order valence-electron chi connectivity index (χ0n) is 14.1. The summed E-state index contributed by atoms with van der Waals surface area (Å²) in [4.78, 5) is 12.5. The van der Waals surface area contributed by atoms with Crippen molar-refractivity contribution in [3.8, 4) is 0 Å². The molecule has 0 atom stereocenters. The van der Waals surface area contributed by atoms with E-state index in [9.17, 15) is 0 Å². The molecule has 0 bridgehead atoms. The second-order valence-electron chi connectivity index (χ2n) is 6.81. The number of hydrogen-bond donors (Lipinski definition) is 3. The highest BCUT2D eigenvalue weighted by atomic mass is 15.2. The Labute approximate surface area is 141 Å². The molecule has 0 spiro atoms. The van der Waals surface area contributed by atoms with Crippen molar-refractivity contribution >= 4 is 28.5 Å². The predicted octanol–water partition coefficient (Wildman–Crippen LogP) is 4.79. The summed E-state index contributed by atoms with van der Waals surface area (Å²) in [5.74, 6) is 2.06. The lowest BCUT2D eigenvalue weighted by Gasteiger charge is -2.27. The van der Waals surface area contributed by atoms with Gasteiger partial charge < -0.3 is 15.6 Å². The molecular weight excluding hydrogens is 298 g/mol. The SMILES string of the molecule is CC(C)c1ccc(Nc2nc(NC3CCC3)c3cc[nH]c3n2)cc1. The third-order valence-electron chi connectivity index (χ3n) is 4.70. The van der Waals surface area contributed by atoms with Crippen LogP contribution >= 0.6 is 0 Å². The van der Waals surface area contributed by atoms with Crippen LogP contribution < -0.4 is 10.6 Å². The molecule has 0 radical (unpaired) electrons. The quantitative estimate of drug-likeness (QED) is 0.632. The van der Waals surface area contributed by atoms with Crippen molar-refractivity contribution in [1.82, 2.24) is 15.0 Å². The van der Waals surface area contributed by atoms with E-state index in [1.54, 1.807) is 0 Å². The molecule has 4 rings (SSSR count). The first-order valence-corrected chi connectivity index (χ1v) is 8.68. The van der Waals surface area contributed by atoms with E-state index in [1.165, 1.54) is 24.8 Å². The normalized spacial score (nSPS) is 14.8. The van der Waals surface area contributed by atoms with Crippen LogP contribution in [0.25, 0.3) is 11.0 Å². The maximum atomic E-state index is 4.69. The van der Waals surface area contributed by atoms with Crippen LogP contribution in [0.4, 0.5) is 17.5 Å². The van der Waals surface area contributed by atoms with Gasteiger partial charge in [0.05, 0.1) is 5.39 Å². The van der Waals surface area contributed by atoms with Crippen LogP contribution in [0.5, 0.6) is 0 Å². The molecule has 2 heterocycles. The minimum Gasteiger partial charge on any atom is -0.367 e. The van der Waals surface area contributed by atoms with Gasteiger partial charge in [0.2, 0.25) is 5.95 Å². The largest absolute Gasteiger partial charge is 0.367 e. The second-order valence-corrected chi connectivity index (χ2v) is 6.81. The van der Waals surface area contributed by atoms with Gasteiger partial charge in [-0.1, -0.05) is 26.0 Å². The zero-order chi connectivity index (χ0) is 16.5. The van der Waals surface area contributed by atoms with Crippen molar-refractivity contribution in [2.75, 3.05) is 10.6 Å². The van der Waals surface area contributed by atoms with Gasteiger partial charge in [-0.15, -0.1) is 0 Å². The molecule has 5 heteroatoms. The number of aromatic nitrogens is 3. The smallest absolute Gasteiger partial charge is 0.231 e. The molecule has 3 aromatic rings. The first kappa shape index (κ1) is 15.0. The van der Waals surface area contributed by atoms with Crippen LogP contribution in [0.2, 0.25) is 0 Å². The van der Waals surface area contributed by atoms with E-state index in [0.717, 1.165) is 22.5 Å². The Morgan fingerprint density at radius 2 is 1.88 bits per heavy atom. The number of fused-ring (bicyclic) bond motifs is 1. The molecule has 2 aromatic heterocycles. The van der Waals surface area contributed by atoms with Crippen molar-refractivity contribution in [2.45, 2.75) is 45.1 Å². The van der Waals surface area contributed by atoms with Crippen LogP contribution in [-0.4, -0.2) is 21.0 Å². The fourth-order valence-electron chi connectivity index (χ4n) is 2.93. The molecule has 1 aromatic carbocycles. The summed E-state index contributed by atoms with van der Waals surface area (Å²) in [5.41, 5.74) is 3.18. The van der Waals surface area contributed by atoms with Crippen LogP contribution in [-0.2, 0) is 0 Å². The van der Waals surface area contributed by atoms with Gasteiger partial charge in [-0.05, 0) is 48.9 Å². The minimum atomic E-state index is 0.531. The number of benzene rings is 1. The highest BCUT2D eigenvalue weighted by Gasteiger charge is 2.19. The summed E-state index contributed by atoms with van der Waals surface area (Å²) in [7, 11) is 0. The van der Waals surface area contributed by atoms with E-state index in [1.807, 2.05) is 12.3 Å². The van der Waals surface area contributed by atoms with Crippen molar-refractivity contribution in [3.63, 3.8) is 0 Å². The Morgan fingerprint density at radius 3 is 2.54 bits per heavy atom. The van der Waals surface area contributed by atoms with E-state index in [0.29, 0.717) is 17.9 Å². The topological polar surface area (TPSA) is 65.6 Å². The summed E-state index contributed by atoms with van der Waals surface area (Å²) in [6.45, 7) is 4.40. The van der Waals surface area contributed by atoms with E-state index < -0.39 is 0 Å². The lowest BCUT2D eigenvalue weighted by Crippen LogP contribution is -2.27. The number of aromatic amines is 1. The van der Waals surface area contributed by atoms with E-state index in [-0.39, 0.29) is 0 Å². The number of rotatable bonds is 5. The van der Waals surface area contributed by atoms with Gasteiger partial charge in [0.15, 0.2) is 0 Å². The molecule has 3 N–H and O–H groups in total. The van der Waals surface area contributed by atoms with E-state index in [4.69, 9.17) is 4.98 Å². The molecule has 0 amide bonds. The molecule has 1 aliphatic carbocycles. The summed E-state index contributed by atoms with van der Waals surface area (Å²) < 4.78 is 0. The van der Waals surface area contributed by atoms with Gasteiger partial charge in [0.1, 0.15) is 11.5 Å². The maximum absolute atomic E-state index is 4.69. The van der Waals surface area contributed by atoms with E-state index >= 15 is 0 Å². The van der Waals surface area contributed by atoms with Crippen molar-refractivity contribution in [3.05, 3.63) is 42.1 Å². The lowest BCUT2D eigenvalue weighted by atomic mass is 9.93. The van der Waals surface area contributed by atoms with Gasteiger partial charge in [-0.2, -0.15) is 9.97 Å². The van der Waals surface area contributed by atoms with Crippen LogP contribution in [0, 0.1) is 0 Å². The highest BCUT2D eigenvalue weighted by molar-refractivity contribution is 5.88. The van der Waals surface area contributed by atoms with E-state index in [2.05, 4.69) is 58.7 Å². The second kappa shape index (κ2) is 6.15. The first-order valence-electron chi connectivity index (χ1n) is 8.68. The number of hydrogen-bond acceptors (Lipinski definition) is 4. The summed E-state index contributed by atoms with van der Waals surface area (Å²) in [6, 6.07) is 11.0. The monoisotopic (exact) mass is 321 g/mol. The maximum Gasteiger partial charge on any atom is 0.231 e. The van der Waals surface area contributed by atoms with Crippen LogP contribution in [0.3, 0.4) is 0 Å². The number of nitrogens with zero attached hydrogens (tertiary/aromatic N) is 2. The highest BCUT2D eigenvalue weighted by Crippen LogP contribution is 2.28. The van der Waals surface area contributed by atoms with Crippen molar-refractivity contribution in [2.24, 2.45) is 0 Å². The first-order chi connectivity index (χ1) is 11.7. The predicted molar refractivity (Wildman–Crippen MR) is 99.0 cm³/mol. The molecule has 1 saturated carbocycles. The number of H-pyrrole nitrogens is 1. The van der Waals surface area contributed by atoms with Gasteiger partial charge in [0, 0.05) is 17.9 Å². The van der Waals surface area contributed by atoms with Crippen LogP contribution in [0.1, 0.15) is 44.6 Å². The zero-order valence-corrected chi connectivity index (χ0v) is 14.1. The molecule has 0 unspecified atom stereocenters. The average molecular weight is 321 g/mol. The number of anilines is 3. The fraction of sp³-hybridized carbons (Fsp3) is 0.368. The molecular formula is C19H23N5. The third-order valence-corrected chi connectivity index (χ3v) is 4.70. The Balaban J connectivity index is 1.61. The standard InChI is InChI=1S/C19H23N5/c1-12(2)13-6-8-15(9-7-13)22-19-23-17-16(10-11-20-17)18(24-19)21-14-4-3-5-14/h6-12,14H,3-5H2,1-2H3,(H3,20,21,22,23,24). The Kier molecular flexibility index (Phi) is 3.84. The third kappa shape index (κ3) is 2.94. The molecule has 0 saturated heterocycles. The molecule has 0 aliphatic heterocycles. The lowest BCUT2D eigenvalue weighted by molar-refractivity contribution is 0.445. The van der Waals surface area contributed by atoms with Gasteiger partial charge in [0.25, 0.3) is 0 Å². The molecule has 1 aliphatic rings. The average Bonchev–Trinajstić information content (AvgIpc) is 3.00. The fourth-order valence-corrected chi connectivity index (χ4v) is 2.93. The Morgan fingerprint density at radius 1 is 1.08 bits per heavy atom. The van der Waals surface area contributed by atoms with Gasteiger partial charge in [-0.25, -0.2) is 0 Å². The number of nitrogens with one attached hydrogen (secondary N) is 3. The molecule has 24 heavy (non-hydrogen) atoms. The van der Waals surface area contributed by atoms with Crippen LogP contribution in [0.15, 0.2) is 36.5 Å². The summed E-state index contributed by atoms with van der Waals surface area (Å²) >= 11 is 0.